The van der Waals surface area contributed by atoms with Crippen LogP contribution in [0, 0.1) is 0 Å². The van der Waals surface area contributed by atoms with Gasteiger partial charge in [0.15, 0.2) is 0 Å². The lowest BCUT2D eigenvalue weighted by Gasteiger charge is -2.12. The molecule has 6 heteroatoms. The molecule has 1 aromatic rings. The van der Waals surface area contributed by atoms with Crippen LogP contribution in [0.25, 0.3) is 0 Å². The summed E-state index contributed by atoms with van der Waals surface area (Å²) in [6.45, 7) is 0.663. The molecule has 1 aliphatic heterocycles. The van der Waals surface area contributed by atoms with Crippen molar-refractivity contribution in [1.82, 2.24) is 10.2 Å². The van der Waals surface area contributed by atoms with Gasteiger partial charge < -0.3 is 16.0 Å². The van der Waals surface area contributed by atoms with E-state index >= 15 is 0 Å². The van der Waals surface area contributed by atoms with E-state index in [4.69, 9.17) is 18.0 Å². The number of likely N-dealkylation sites (tertiary alicyclic amines) is 1. The van der Waals surface area contributed by atoms with Gasteiger partial charge in [0.25, 0.3) is 5.91 Å². The minimum atomic E-state index is -0.439. The highest BCUT2D eigenvalue weighted by Crippen LogP contribution is 2.11. The second kappa shape index (κ2) is 5.36. The number of carbonyl (C=O) groups is 2. The molecule has 3 N–H and O–H groups in total. The Morgan fingerprint density at radius 1 is 1.47 bits per heavy atom. The molecule has 1 atom stereocenters. The zero-order valence-corrected chi connectivity index (χ0v) is 11.4. The molecule has 1 fully saturated rings. The number of carbonyl (C=O) groups excluding carboxylic acids is 2. The van der Waals surface area contributed by atoms with E-state index in [1.807, 2.05) is 0 Å². The lowest BCUT2D eigenvalue weighted by atomic mass is 10.1. The third-order valence-electron chi connectivity index (χ3n) is 3.14. The number of nitrogens with one attached hydrogen (secondary N) is 1. The lowest BCUT2D eigenvalue weighted by molar-refractivity contribution is -0.128. The summed E-state index contributed by atoms with van der Waals surface area (Å²) in [5.41, 5.74) is 6.61. The Hall–Kier alpha value is -1.95. The van der Waals surface area contributed by atoms with Crippen LogP contribution in [0.15, 0.2) is 24.3 Å². The predicted octanol–water partition coefficient (Wildman–Crippen LogP) is 0.281. The maximum Gasteiger partial charge on any atom is 0.251 e. The molecule has 1 saturated heterocycles. The van der Waals surface area contributed by atoms with Crippen molar-refractivity contribution in [2.24, 2.45) is 5.73 Å². The predicted molar refractivity (Wildman–Crippen MR) is 75.8 cm³/mol. The lowest BCUT2D eigenvalue weighted by Crippen LogP contribution is -2.40. The molecular weight excluding hydrogens is 262 g/mol. The Morgan fingerprint density at radius 3 is 2.74 bits per heavy atom. The summed E-state index contributed by atoms with van der Waals surface area (Å²) in [5, 5.41) is 2.73. The Balaban J connectivity index is 2.10. The summed E-state index contributed by atoms with van der Waals surface area (Å²) in [4.78, 5) is 25.6. The standard InChI is InChI=1S/C13H15N3O2S/c1-16-6-5-10(13(16)18)15-12(17)9-4-2-3-8(7-9)11(14)19/h2-4,7,10H,5-6H2,1H3,(H2,14,19)(H,15,17). The van der Waals surface area contributed by atoms with Crippen molar-refractivity contribution in [3.8, 4) is 0 Å². The molecule has 5 nitrogen and oxygen atoms in total. The SMILES string of the molecule is CN1CCC(NC(=O)c2cccc(C(N)=S)c2)C1=O. The number of nitrogens with zero attached hydrogens (tertiary/aromatic N) is 1. The molecule has 0 radical (unpaired) electrons. The average Bonchev–Trinajstić information content (AvgIpc) is 2.71. The number of rotatable bonds is 3. The van der Waals surface area contributed by atoms with Crippen LogP contribution in [0.1, 0.15) is 22.3 Å². The second-order valence-corrected chi connectivity index (χ2v) is 4.96. The summed E-state index contributed by atoms with van der Waals surface area (Å²) in [7, 11) is 1.72. The third-order valence-corrected chi connectivity index (χ3v) is 3.38. The van der Waals surface area contributed by atoms with Gasteiger partial charge in [-0.1, -0.05) is 24.4 Å². The Labute approximate surface area is 116 Å². The normalized spacial score (nSPS) is 18.5. The van der Waals surface area contributed by atoms with Gasteiger partial charge in [-0.05, 0) is 18.6 Å². The van der Waals surface area contributed by atoms with E-state index in [-0.39, 0.29) is 16.8 Å². The van der Waals surface area contributed by atoms with Gasteiger partial charge in [-0.25, -0.2) is 0 Å². The van der Waals surface area contributed by atoms with Gasteiger partial charge >= 0.3 is 0 Å². The van der Waals surface area contributed by atoms with Gasteiger partial charge in [-0.2, -0.15) is 0 Å². The molecule has 0 spiro atoms. The van der Waals surface area contributed by atoms with Gasteiger partial charge in [0.1, 0.15) is 11.0 Å². The van der Waals surface area contributed by atoms with Crippen LogP contribution < -0.4 is 11.1 Å². The zero-order chi connectivity index (χ0) is 14.0. The van der Waals surface area contributed by atoms with Gasteiger partial charge in [-0.15, -0.1) is 0 Å². The highest BCUT2D eigenvalue weighted by Gasteiger charge is 2.30. The van der Waals surface area contributed by atoms with E-state index in [0.717, 1.165) is 0 Å². The van der Waals surface area contributed by atoms with Crippen LogP contribution in [-0.2, 0) is 4.79 Å². The Bertz CT molecular complexity index is 544. The molecule has 2 amide bonds. The van der Waals surface area contributed by atoms with E-state index in [1.54, 1.807) is 36.2 Å². The number of amides is 2. The summed E-state index contributed by atoms with van der Waals surface area (Å²) in [6, 6.07) is 6.31. The van der Waals surface area contributed by atoms with Gasteiger partial charge in [-0.3, -0.25) is 9.59 Å². The Morgan fingerprint density at radius 2 is 2.16 bits per heavy atom. The molecule has 1 aromatic carbocycles. The molecule has 1 aliphatic rings. The maximum absolute atomic E-state index is 12.1. The quantitative estimate of drug-likeness (QED) is 0.778. The van der Waals surface area contributed by atoms with Gasteiger partial charge in [0.05, 0.1) is 0 Å². The first-order valence-corrected chi connectivity index (χ1v) is 6.35. The van der Waals surface area contributed by atoms with E-state index in [0.29, 0.717) is 24.1 Å². The Kier molecular flexibility index (Phi) is 3.80. The first-order chi connectivity index (χ1) is 8.99. The summed E-state index contributed by atoms with van der Waals surface area (Å²) in [6.07, 6.45) is 0.635. The number of thiocarbonyl (C=S) groups is 1. The first-order valence-electron chi connectivity index (χ1n) is 5.95. The molecule has 0 saturated carbocycles. The van der Waals surface area contributed by atoms with E-state index in [2.05, 4.69) is 5.32 Å². The third kappa shape index (κ3) is 2.90. The van der Waals surface area contributed by atoms with Gasteiger partial charge in [0, 0.05) is 24.7 Å². The fraction of sp³-hybridized carbons (Fsp3) is 0.308. The molecule has 1 heterocycles. The van der Waals surface area contributed by atoms with Crippen LogP contribution in [0.2, 0.25) is 0 Å². The smallest absolute Gasteiger partial charge is 0.251 e. The highest BCUT2D eigenvalue weighted by atomic mass is 32.1. The number of nitrogens with two attached hydrogens (primary N) is 1. The second-order valence-electron chi connectivity index (χ2n) is 4.52. The maximum atomic E-state index is 12.1. The zero-order valence-electron chi connectivity index (χ0n) is 10.6. The van der Waals surface area contributed by atoms with E-state index < -0.39 is 6.04 Å². The van der Waals surface area contributed by atoms with Crippen molar-refractivity contribution in [3.05, 3.63) is 35.4 Å². The first kappa shape index (κ1) is 13.5. The molecule has 2 rings (SSSR count). The topological polar surface area (TPSA) is 75.4 Å². The largest absolute Gasteiger partial charge is 0.389 e. The molecular formula is C13H15N3O2S. The minimum Gasteiger partial charge on any atom is -0.389 e. The van der Waals surface area contributed by atoms with Crippen molar-refractivity contribution in [2.75, 3.05) is 13.6 Å². The van der Waals surface area contributed by atoms with E-state index in [1.165, 1.54) is 0 Å². The van der Waals surface area contributed by atoms with Gasteiger partial charge in [0.2, 0.25) is 5.91 Å². The average molecular weight is 277 g/mol. The molecule has 0 aromatic heterocycles. The molecule has 19 heavy (non-hydrogen) atoms. The number of likely N-dealkylation sites (N-methyl/N-ethyl adjacent to an activating group) is 1. The molecule has 100 valence electrons. The van der Waals surface area contributed by atoms with Crippen LogP contribution in [0.3, 0.4) is 0 Å². The number of hydrogen-bond acceptors (Lipinski definition) is 3. The monoisotopic (exact) mass is 277 g/mol. The summed E-state index contributed by atoms with van der Waals surface area (Å²) >= 11 is 4.87. The number of benzene rings is 1. The van der Waals surface area contributed by atoms with Crippen LogP contribution in [0.4, 0.5) is 0 Å². The van der Waals surface area contributed by atoms with Crippen molar-refractivity contribution in [2.45, 2.75) is 12.5 Å². The molecule has 1 unspecified atom stereocenters. The van der Waals surface area contributed by atoms with E-state index in [9.17, 15) is 9.59 Å². The molecule has 0 bridgehead atoms. The highest BCUT2D eigenvalue weighted by molar-refractivity contribution is 7.80. The molecule has 0 aliphatic carbocycles. The fourth-order valence-corrected chi connectivity index (χ4v) is 2.14. The number of hydrogen-bond donors (Lipinski definition) is 2. The summed E-state index contributed by atoms with van der Waals surface area (Å²) < 4.78 is 0. The summed E-state index contributed by atoms with van der Waals surface area (Å²) in [5.74, 6) is -0.342. The van der Waals surface area contributed by atoms with Crippen molar-refractivity contribution in [1.29, 1.82) is 0 Å². The van der Waals surface area contributed by atoms with Crippen LogP contribution >= 0.6 is 12.2 Å². The van der Waals surface area contributed by atoms with Crippen LogP contribution in [0.5, 0.6) is 0 Å². The fourth-order valence-electron chi connectivity index (χ4n) is 2.01. The van der Waals surface area contributed by atoms with Crippen molar-refractivity contribution >= 4 is 29.0 Å². The van der Waals surface area contributed by atoms with Crippen molar-refractivity contribution < 1.29 is 9.59 Å². The minimum absolute atomic E-state index is 0.0566. The van der Waals surface area contributed by atoms with Crippen molar-refractivity contribution in [3.63, 3.8) is 0 Å². The van der Waals surface area contributed by atoms with Crippen LogP contribution in [-0.4, -0.2) is 41.3 Å².